The van der Waals surface area contributed by atoms with E-state index in [4.69, 9.17) is 18.9 Å². The topological polar surface area (TPSA) is 54.0 Å². The zero-order valence-corrected chi connectivity index (χ0v) is 16.4. The van der Waals surface area contributed by atoms with Crippen LogP contribution in [0.4, 0.5) is 4.39 Å². The third-order valence-corrected chi connectivity index (χ3v) is 4.47. The van der Waals surface area contributed by atoms with Gasteiger partial charge in [0.1, 0.15) is 11.7 Å². The number of halogens is 1. The lowest BCUT2D eigenvalue weighted by atomic mass is 10.1. The van der Waals surface area contributed by atoms with Gasteiger partial charge in [0.15, 0.2) is 17.9 Å². The van der Waals surface area contributed by atoms with Crippen molar-refractivity contribution in [3.8, 4) is 11.5 Å². The second-order valence-corrected chi connectivity index (χ2v) is 6.86. The molecule has 6 heteroatoms. The lowest BCUT2D eigenvalue weighted by Gasteiger charge is -2.28. The number of ether oxygens (including phenoxy) is 4. The first-order valence-electron chi connectivity index (χ1n) is 10.0. The quantitative estimate of drug-likeness (QED) is 0.310. The van der Waals surface area contributed by atoms with Gasteiger partial charge in [-0.3, -0.25) is 4.79 Å². The van der Waals surface area contributed by atoms with Gasteiger partial charge in [0, 0.05) is 6.07 Å². The Labute approximate surface area is 161 Å². The number of esters is 1. The molecule has 0 N–H and O–H groups in total. The lowest BCUT2D eigenvalue weighted by molar-refractivity contribution is -0.208. The molecule has 0 saturated carbocycles. The first-order chi connectivity index (χ1) is 13.1. The maximum atomic E-state index is 14.2. The Balaban J connectivity index is 1.77. The van der Waals surface area contributed by atoms with Gasteiger partial charge in [0.2, 0.25) is 0 Å². The minimum atomic E-state index is -0.619. The third kappa shape index (κ3) is 7.46. The average Bonchev–Trinajstić information content (AvgIpc) is 2.68. The highest BCUT2D eigenvalue weighted by atomic mass is 19.1. The summed E-state index contributed by atoms with van der Waals surface area (Å²) >= 11 is 0. The van der Waals surface area contributed by atoms with E-state index in [0.29, 0.717) is 12.4 Å². The maximum absolute atomic E-state index is 14.2. The number of unbranched alkanes of at least 4 members (excludes halogenated alkanes) is 4. The smallest absolute Gasteiger partial charge is 0.319 e. The van der Waals surface area contributed by atoms with E-state index in [9.17, 15) is 9.18 Å². The molecule has 27 heavy (non-hydrogen) atoms. The molecule has 0 aromatic heterocycles. The third-order valence-electron chi connectivity index (χ3n) is 4.47. The van der Waals surface area contributed by atoms with Crippen molar-refractivity contribution in [3.05, 3.63) is 24.0 Å². The zero-order chi connectivity index (χ0) is 19.5. The molecule has 0 spiro atoms. The van der Waals surface area contributed by atoms with E-state index < -0.39 is 17.7 Å². The fourth-order valence-electron chi connectivity index (χ4n) is 2.79. The van der Waals surface area contributed by atoms with Crippen LogP contribution >= 0.6 is 0 Å². The van der Waals surface area contributed by atoms with Gasteiger partial charge in [-0.1, -0.05) is 39.5 Å². The van der Waals surface area contributed by atoms with Crippen LogP contribution in [0, 0.1) is 11.7 Å². The van der Waals surface area contributed by atoms with Crippen LogP contribution in [0.5, 0.6) is 11.5 Å². The SMILES string of the molecule is CCCCCOc1ccc(OC(=O)C2COC(CCCCC)OC2)c(F)c1. The molecule has 0 amide bonds. The fourth-order valence-corrected chi connectivity index (χ4v) is 2.79. The van der Waals surface area contributed by atoms with Gasteiger partial charge >= 0.3 is 5.97 Å². The van der Waals surface area contributed by atoms with E-state index in [1.54, 1.807) is 6.07 Å². The summed E-state index contributed by atoms with van der Waals surface area (Å²) < 4.78 is 36.0. The first-order valence-corrected chi connectivity index (χ1v) is 10.0. The van der Waals surface area contributed by atoms with Crippen LogP contribution in [0.2, 0.25) is 0 Å². The van der Waals surface area contributed by atoms with Crippen LogP contribution < -0.4 is 9.47 Å². The van der Waals surface area contributed by atoms with Crippen molar-refractivity contribution >= 4 is 5.97 Å². The summed E-state index contributed by atoms with van der Waals surface area (Å²) in [4.78, 5) is 12.2. The van der Waals surface area contributed by atoms with Crippen molar-refractivity contribution in [2.45, 2.75) is 65.1 Å². The molecular formula is C21H31FO5. The van der Waals surface area contributed by atoms with E-state index in [2.05, 4.69) is 13.8 Å². The van der Waals surface area contributed by atoms with Crippen molar-refractivity contribution in [2.24, 2.45) is 5.92 Å². The predicted molar refractivity (Wildman–Crippen MR) is 100 cm³/mol. The summed E-state index contributed by atoms with van der Waals surface area (Å²) in [5.41, 5.74) is 0. The molecule has 0 radical (unpaired) electrons. The van der Waals surface area contributed by atoms with Crippen LogP contribution in [0.1, 0.15) is 58.8 Å². The summed E-state index contributed by atoms with van der Waals surface area (Å²) in [6.07, 6.45) is 6.96. The standard InChI is InChI=1S/C21H31FO5/c1-3-5-7-9-20-25-14-16(15-26-20)21(23)27-19-11-10-17(13-18(19)22)24-12-8-6-4-2/h10-11,13,16,20H,3-9,12,14-15H2,1-2H3. The molecular weight excluding hydrogens is 351 g/mol. The van der Waals surface area contributed by atoms with Crippen molar-refractivity contribution in [1.29, 1.82) is 0 Å². The summed E-state index contributed by atoms with van der Waals surface area (Å²) in [6.45, 7) is 5.25. The number of hydrogen-bond donors (Lipinski definition) is 0. The van der Waals surface area contributed by atoms with Crippen LogP contribution in [0.3, 0.4) is 0 Å². The lowest BCUT2D eigenvalue weighted by Crippen LogP contribution is -2.38. The second kappa shape index (κ2) is 11.9. The van der Waals surface area contributed by atoms with Gasteiger partial charge in [-0.2, -0.15) is 0 Å². The molecule has 5 nitrogen and oxygen atoms in total. The van der Waals surface area contributed by atoms with Crippen molar-refractivity contribution in [1.82, 2.24) is 0 Å². The molecule has 1 aliphatic rings. The molecule has 0 aliphatic carbocycles. The van der Waals surface area contributed by atoms with Gasteiger partial charge in [-0.25, -0.2) is 4.39 Å². The highest BCUT2D eigenvalue weighted by molar-refractivity contribution is 5.75. The fraction of sp³-hybridized carbons (Fsp3) is 0.667. The monoisotopic (exact) mass is 382 g/mol. The normalized spacial score (nSPS) is 19.7. The number of benzene rings is 1. The van der Waals surface area contributed by atoms with Gasteiger partial charge < -0.3 is 18.9 Å². The molecule has 0 unspecified atom stereocenters. The number of rotatable bonds is 11. The van der Waals surface area contributed by atoms with Crippen molar-refractivity contribution in [2.75, 3.05) is 19.8 Å². The Morgan fingerprint density at radius 3 is 2.48 bits per heavy atom. The Morgan fingerprint density at radius 2 is 1.81 bits per heavy atom. The van der Waals surface area contributed by atoms with Crippen molar-refractivity contribution in [3.63, 3.8) is 0 Å². The molecule has 1 saturated heterocycles. The van der Waals surface area contributed by atoms with Gasteiger partial charge in [-0.05, 0) is 31.4 Å². The number of hydrogen-bond acceptors (Lipinski definition) is 5. The number of carbonyl (C=O) groups excluding carboxylic acids is 1. The Bertz CT molecular complexity index is 570. The van der Waals surface area contributed by atoms with Gasteiger partial charge in [0.25, 0.3) is 0 Å². The Morgan fingerprint density at radius 1 is 1.11 bits per heavy atom. The molecule has 1 aromatic carbocycles. The molecule has 1 aromatic rings. The van der Waals surface area contributed by atoms with E-state index in [1.165, 1.54) is 12.1 Å². The van der Waals surface area contributed by atoms with E-state index in [-0.39, 0.29) is 25.3 Å². The average molecular weight is 382 g/mol. The molecule has 1 heterocycles. The first kappa shape index (κ1) is 21.6. The minimum Gasteiger partial charge on any atom is -0.493 e. The highest BCUT2D eigenvalue weighted by Crippen LogP contribution is 2.25. The van der Waals surface area contributed by atoms with Crippen LogP contribution in [-0.2, 0) is 14.3 Å². The van der Waals surface area contributed by atoms with Crippen LogP contribution in [0.15, 0.2) is 18.2 Å². The van der Waals surface area contributed by atoms with Crippen molar-refractivity contribution < 1.29 is 28.1 Å². The summed E-state index contributed by atoms with van der Waals surface area (Å²) in [7, 11) is 0. The predicted octanol–water partition coefficient (Wildman–Crippen LogP) is 4.87. The molecule has 2 rings (SSSR count). The van der Waals surface area contributed by atoms with Crippen LogP contribution in [-0.4, -0.2) is 32.1 Å². The zero-order valence-electron chi connectivity index (χ0n) is 16.4. The molecule has 0 bridgehead atoms. The molecule has 1 fully saturated rings. The highest BCUT2D eigenvalue weighted by Gasteiger charge is 2.29. The summed E-state index contributed by atoms with van der Waals surface area (Å²) in [5, 5.41) is 0. The Kier molecular flexibility index (Phi) is 9.56. The number of carbonyl (C=O) groups is 1. The van der Waals surface area contributed by atoms with Gasteiger partial charge in [0.05, 0.1) is 19.8 Å². The van der Waals surface area contributed by atoms with E-state index >= 15 is 0 Å². The molecule has 0 atom stereocenters. The molecule has 152 valence electrons. The molecule has 1 aliphatic heterocycles. The van der Waals surface area contributed by atoms with Gasteiger partial charge in [-0.15, -0.1) is 0 Å². The largest absolute Gasteiger partial charge is 0.493 e. The van der Waals surface area contributed by atoms with Crippen LogP contribution in [0.25, 0.3) is 0 Å². The second-order valence-electron chi connectivity index (χ2n) is 6.86. The van der Waals surface area contributed by atoms with E-state index in [0.717, 1.165) is 44.9 Å². The minimum absolute atomic E-state index is 0.106. The Hall–Kier alpha value is -1.66. The van der Waals surface area contributed by atoms with E-state index in [1.807, 2.05) is 0 Å². The summed E-state index contributed by atoms with van der Waals surface area (Å²) in [6, 6.07) is 4.27. The maximum Gasteiger partial charge on any atom is 0.319 e. The summed E-state index contributed by atoms with van der Waals surface area (Å²) in [5.74, 6) is -1.38.